The van der Waals surface area contributed by atoms with Crippen molar-refractivity contribution in [1.82, 2.24) is 10.3 Å². The molecular weight excluding hydrogens is 198 g/mol. The fourth-order valence-corrected chi connectivity index (χ4v) is 1.15. The highest BCUT2D eigenvalue weighted by Crippen LogP contribution is 2.09. The minimum absolute atomic E-state index is 0. The van der Waals surface area contributed by atoms with Crippen LogP contribution < -0.4 is 10.6 Å². The first-order valence-corrected chi connectivity index (χ1v) is 4.05. The van der Waals surface area contributed by atoms with E-state index in [9.17, 15) is 4.79 Å². The molecule has 0 spiro atoms. The number of nitrogens with zero attached hydrogens (tertiary/aromatic N) is 1. The van der Waals surface area contributed by atoms with Crippen molar-refractivity contribution < 1.29 is 4.79 Å². The highest BCUT2D eigenvalue weighted by Gasteiger charge is 2.00. The number of carbonyl (C=O) groups is 1. The number of amides is 1. The summed E-state index contributed by atoms with van der Waals surface area (Å²) >= 11 is 1.41. The lowest BCUT2D eigenvalue weighted by Crippen LogP contribution is -2.24. The maximum absolute atomic E-state index is 10.9. The van der Waals surface area contributed by atoms with Gasteiger partial charge in [0.25, 0.3) is 0 Å². The summed E-state index contributed by atoms with van der Waals surface area (Å²) in [6, 6.07) is 0. The van der Waals surface area contributed by atoms with Crippen molar-refractivity contribution in [3.8, 4) is 0 Å². The number of nitrogens with one attached hydrogen (secondary N) is 2. The van der Waals surface area contributed by atoms with Gasteiger partial charge in [-0.15, -0.1) is 23.7 Å². The third-order valence-electron chi connectivity index (χ3n) is 1.02. The molecule has 0 aliphatic heterocycles. The zero-order valence-electron chi connectivity index (χ0n) is 6.53. The Morgan fingerprint density at radius 2 is 2.50 bits per heavy atom. The maximum Gasteiger partial charge on any atom is 0.240 e. The molecule has 2 N–H and O–H groups in total. The van der Waals surface area contributed by atoms with Gasteiger partial charge < -0.3 is 10.6 Å². The fourth-order valence-electron chi connectivity index (χ4n) is 0.609. The highest BCUT2D eigenvalue weighted by molar-refractivity contribution is 7.13. The van der Waals surface area contributed by atoms with Crippen molar-refractivity contribution in [2.24, 2.45) is 0 Å². The van der Waals surface area contributed by atoms with Crippen LogP contribution in [-0.4, -0.2) is 24.5 Å². The molecule has 0 radical (unpaired) electrons. The molecule has 0 aliphatic rings. The molecule has 0 saturated carbocycles. The molecular formula is C6H10ClN3OS. The van der Waals surface area contributed by atoms with E-state index in [1.807, 2.05) is 5.38 Å². The zero-order chi connectivity index (χ0) is 8.10. The first-order valence-electron chi connectivity index (χ1n) is 3.17. The molecule has 0 aliphatic carbocycles. The van der Waals surface area contributed by atoms with E-state index >= 15 is 0 Å². The smallest absolute Gasteiger partial charge is 0.240 e. The number of rotatable bonds is 3. The number of halogens is 1. The second kappa shape index (κ2) is 5.93. The number of carbonyl (C=O) groups excluding carboxylic acids is 1. The molecule has 1 heterocycles. The van der Waals surface area contributed by atoms with E-state index < -0.39 is 0 Å². The number of hydrogen-bond donors (Lipinski definition) is 2. The maximum atomic E-state index is 10.9. The quantitative estimate of drug-likeness (QED) is 0.768. The van der Waals surface area contributed by atoms with Gasteiger partial charge in [-0.3, -0.25) is 4.79 Å². The number of thiazole rings is 1. The van der Waals surface area contributed by atoms with Crippen LogP contribution >= 0.6 is 23.7 Å². The summed E-state index contributed by atoms with van der Waals surface area (Å²) in [4.78, 5) is 14.8. The first kappa shape index (κ1) is 11.4. The fraction of sp³-hybridized carbons (Fsp3) is 0.333. The summed E-state index contributed by atoms with van der Waals surface area (Å²) in [5, 5.41) is 7.83. The zero-order valence-corrected chi connectivity index (χ0v) is 8.17. The van der Waals surface area contributed by atoms with Gasteiger partial charge in [0.2, 0.25) is 5.91 Å². The lowest BCUT2D eigenvalue weighted by molar-refractivity contribution is -0.115. The van der Waals surface area contributed by atoms with Gasteiger partial charge in [-0.2, -0.15) is 0 Å². The molecule has 1 aromatic rings. The van der Waals surface area contributed by atoms with Gasteiger partial charge >= 0.3 is 0 Å². The van der Waals surface area contributed by atoms with E-state index in [1.54, 1.807) is 13.2 Å². The van der Waals surface area contributed by atoms with Gasteiger partial charge in [-0.25, -0.2) is 4.98 Å². The van der Waals surface area contributed by atoms with Crippen molar-refractivity contribution in [3.63, 3.8) is 0 Å². The third-order valence-corrected chi connectivity index (χ3v) is 1.70. The van der Waals surface area contributed by atoms with E-state index in [-0.39, 0.29) is 18.3 Å². The minimum Gasteiger partial charge on any atom is -0.311 e. The topological polar surface area (TPSA) is 54.0 Å². The van der Waals surface area contributed by atoms with Crippen LogP contribution in [0.1, 0.15) is 0 Å². The van der Waals surface area contributed by atoms with Gasteiger partial charge in [0, 0.05) is 11.6 Å². The summed E-state index contributed by atoms with van der Waals surface area (Å²) < 4.78 is 0. The summed E-state index contributed by atoms with van der Waals surface area (Å²) in [6.07, 6.45) is 1.65. The second-order valence-electron chi connectivity index (χ2n) is 1.92. The Labute approximate surface area is 80.8 Å². The van der Waals surface area contributed by atoms with Crippen molar-refractivity contribution in [3.05, 3.63) is 11.6 Å². The molecule has 0 atom stereocenters. The van der Waals surface area contributed by atoms with Crippen molar-refractivity contribution in [2.75, 3.05) is 18.9 Å². The van der Waals surface area contributed by atoms with Crippen LogP contribution in [0.25, 0.3) is 0 Å². The van der Waals surface area contributed by atoms with E-state index in [0.717, 1.165) is 0 Å². The second-order valence-corrected chi connectivity index (χ2v) is 2.81. The van der Waals surface area contributed by atoms with Crippen LogP contribution in [0.4, 0.5) is 5.13 Å². The van der Waals surface area contributed by atoms with Crippen LogP contribution in [0.3, 0.4) is 0 Å². The Balaban J connectivity index is 0.00000121. The molecule has 1 amide bonds. The van der Waals surface area contributed by atoms with Gasteiger partial charge in [0.1, 0.15) is 0 Å². The lowest BCUT2D eigenvalue weighted by Gasteiger charge is -1.98. The monoisotopic (exact) mass is 207 g/mol. The summed E-state index contributed by atoms with van der Waals surface area (Å²) in [6.45, 7) is 0.319. The minimum atomic E-state index is -0.0672. The highest BCUT2D eigenvalue weighted by atomic mass is 35.5. The number of hydrogen-bond acceptors (Lipinski definition) is 4. The Hall–Kier alpha value is -0.650. The van der Waals surface area contributed by atoms with Gasteiger partial charge in [0.15, 0.2) is 5.13 Å². The predicted octanol–water partition coefficient (Wildman–Crippen LogP) is 0.723. The van der Waals surface area contributed by atoms with Gasteiger partial charge in [-0.05, 0) is 7.05 Å². The first-order chi connectivity index (χ1) is 5.33. The van der Waals surface area contributed by atoms with E-state index in [4.69, 9.17) is 0 Å². The molecule has 1 rings (SSSR count). The van der Waals surface area contributed by atoms with Gasteiger partial charge in [0.05, 0.1) is 6.54 Å². The largest absolute Gasteiger partial charge is 0.311 e. The van der Waals surface area contributed by atoms with E-state index in [0.29, 0.717) is 11.7 Å². The number of likely N-dealkylation sites (N-methyl/N-ethyl adjacent to an activating group) is 1. The summed E-state index contributed by atoms with van der Waals surface area (Å²) in [5.41, 5.74) is 0. The molecule has 6 heteroatoms. The molecule has 0 bridgehead atoms. The number of aromatic nitrogens is 1. The van der Waals surface area contributed by atoms with Crippen molar-refractivity contribution >= 4 is 34.8 Å². The SMILES string of the molecule is CNCC(=O)Nc1nccs1.Cl. The third kappa shape index (κ3) is 3.66. The van der Waals surface area contributed by atoms with E-state index in [1.165, 1.54) is 11.3 Å². The normalized spacial score (nSPS) is 8.75. The van der Waals surface area contributed by atoms with Crippen molar-refractivity contribution in [1.29, 1.82) is 0 Å². The molecule has 0 unspecified atom stereocenters. The van der Waals surface area contributed by atoms with Gasteiger partial charge in [-0.1, -0.05) is 0 Å². The molecule has 4 nitrogen and oxygen atoms in total. The molecule has 68 valence electrons. The van der Waals surface area contributed by atoms with Crippen molar-refractivity contribution in [2.45, 2.75) is 0 Å². The van der Waals surface area contributed by atoms with Crippen LogP contribution in [0.5, 0.6) is 0 Å². The van der Waals surface area contributed by atoms with Crippen LogP contribution in [-0.2, 0) is 4.79 Å². The Morgan fingerprint density at radius 1 is 1.75 bits per heavy atom. The average Bonchev–Trinajstić information content (AvgIpc) is 2.40. The molecule has 12 heavy (non-hydrogen) atoms. The van der Waals surface area contributed by atoms with Crippen LogP contribution in [0.2, 0.25) is 0 Å². The molecule has 1 aromatic heterocycles. The lowest BCUT2D eigenvalue weighted by atomic mass is 10.6. The predicted molar refractivity (Wildman–Crippen MR) is 51.9 cm³/mol. The average molecular weight is 208 g/mol. The van der Waals surface area contributed by atoms with Crippen LogP contribution in [0, 0.1) is 0 Å². The Bertz CT molecular complexity index is 227. The molecule has 0 fully saturated rings. The molecule has 0 saturated heterocycles. The Kier molecular flexibility index (Phi) is 5.61. The molecule has 0 aromatic carbocycles. The Morgan fingerprint density at radius 3 is 3.00 bits per heavy atom. The summed E-state index contributed by atoms with van der Waals surface area (Å²) in [7, 11) is 1.72. The van der Waals surface area contributed by atoms with E-state index in [2.05, 4.69) is 15.6 Å². The summed E-state index contributed by atoms with van der Waals surface area (Å²) in [5.74, 6) is -0.0672. The van der Waals surface area contributed by atoms with Crippen LogP contribution in [0.15, 0.2) is 11.6 Å². The number of anilines is 1. The standard InChI is InChI=1S/C6H9N3OS.ClH/c1-7-4-5(10)9-6-8-2-3-11-6;/h2-3,7H,4H2,1H3,(H,8,9,10);1H.